The minimum Gasteiger partial charge on any atom is -0.374 e. The van der Waals surface area contributed by atoms with Crippen molar-refractivity contribution in [3.05, 3.63) is 0 Å². The van der Waals surface area contributed by atoms with Crippen LogP contribution in [-0.4, -0.2) is 55.3 Å². The maximum absolute atomic E-state index is 5.95. The third-order valence-corrected chi connectivity index (χ3v) is 4.41. The van der Waals surface area contributed by atoms with Gasteiger partial charge in [-0.2, -0.15) is 0 Å². The van der Waals surface area contributed by atoms with Crippen LogP contribution < -0.4 is 11.1 Å². The molecule has 3 fully saturated rings. The van der Waals surface area contributed by atoms with Crippen molar-refractivity contribution in [2.75, 3.05) is 26.2 Å². The number of guanidine groups is 1. The van der Waals surface area contributed by atoms with E-state index in [9.17, 15) is 0 Å². The lowest BCUT2D eigenvalue weighted by molar-refractivity contribution is -0.0259. The van der Waals surface area contributed by atoms with Crippen LogP contribution in [0.5, 0.6) is 0 Å². The number of rotatable bonds is 4. The first-order valence-electron chi connectivity index (χ1n) is 7.73. The Labute approximate surface area is 115 Å². The molecular weight excluding hydrogens is 240 g/mol. The number of aliphatic imine (C=N–C) groups is 1. The molecule has 1 saturated heterocycles. The lowest BCUT2D eigenvalue weighted by atomic mass is 10.2. The van der Waals surface area contributed by atoms with Crippen molar-refractivity contribution in [3.8, 4) is 0 Å². The Morgan fingerprint density at radius 1 is 1.26 bits per heavy atom. The Balaban J connectivity index is 1.41. The highest BCUT2D eigenvalue weighted by Gasteiger charge is 2.32. The predicted molar refractivity (Wildman–Crippen MR) is 76.2 cm³/mol. The fraction of sp³-hybridized carbons (Fsp3) is 0.929. The molecule has 5 nitrogen and oxygen atoms in total. The Kier molecular flexibility index (Phi) is 4.23. The van der Waals surface area contributed by atoms with Crippen molar-refractivity contribution >= 4 is 5.96 Å². The van der Waals surface area contributed by atoms with E-state index in [0.29, 0.717) is 18.5 Å². The number of hydrogen-bond donors (Lipinski definition) is 2. The largest absolute Gasteiger partial charge is 0.374 e. The van der Waals surface area contributed by atoms with E-state index in [1.165, 1.54) is 38.5 Å². The zero-order valence-electron chi connectivity index (χ0n) is 11.7. The van der Waals surface area contributed by atoms with E-state index >= 15 is 0 Å². The summed E-state index contributed by atoms with van der Waals surface area (Å²) in [6.07, 6.45) is 8.03. The van der Waals surface area contributed by atoms with E-state index in [-0.39, 0.29) is 6.10 Å². The summed E-state index contributed by atoms with van der Waals surface area (Å²) in [5.41, 5.74) is 5.95. The van der Waals surface area contributed by atoms with Gasteiger partial charge in [-0.15, -0.1) is 0 Å². The van der Waals surface area contributed by atoms with Crippen LogP contribution in [0, 0.1) is 0 Å². The highest BCUT2D eigenvalue weighted by Crippen LogP contribution is 2.28. The summed E-state index contributed by atoms with van der Waals surface area (Å²) in [5, 5.41) is 3.32. The monoisotopic (exact) mass is 266 g/mol. The summed E-state index contributed by atoms with van der Waals surface area (Å²) in [4.78, 5) is 7.00. The maximum atomic E-state index is 5.95. The molecule has 2 aliphatic carbocycles. The number of nitrogens with two attached hydrogens (primary N) is 1. The van der Waals surface area contributed by atoms with Crippen molar-refractivity contribution in [2.45, 2.75) is 56.7 Å². The first kappa shape index (κ1) is 13.2. The first-order chi connectivity index (χ1) is 9.31. The molecule has 1 atom stereocenters. The van der Waals surface area contributed by atoms with Gasteiger partial charge in [0.25, 0.3) is 0 Å². The van der Waals surface area contributed by atoms with Crippen LogP contribution >= 0.6 is 0 Å². The lowest BCUT2D eigenvalue weighted by Gasteiger charge is -2.32. The van der Waals surface area contributed by atoms with Gasteiger partial charge in [-0.1, -0.05) is 12.8 Å². The molecule has 19 heavy (non-hydrogen) atoms. The molecule has 0 radical (unpaired) electrons. The fourth-order valence-electron chi connectivity index (χ4n) is 3.15. The number of hydrogen-bond acceptors (Lipinski definition) is 3. The van der Waals surface area contributed by atoms with Crippen LogP contribution in [0.4, 0.5) is 0 Å². The van der Waals surface area contributed by atoms with Crippen molar-refractivity contribution in [1.82, 2.24) is 10.2 Å². The molecule has 0 aromatic carbocycles. The van der Waals surface area contributed by atoms with Crippen LogP contribution in [0.15, 0.2) is 4.99 Å². The van der Waals surface area contributed by atoms with E-state index in [1.54, 1.807) is 0 Å². The van der Waals surface area contributed by atoms with E-state index in [0.717, 1.165) is 25.7 Å². The van der Waals surface area contributed by atoms with Gasteiger partial charge in [-0.05, 0) is 25.7 Å². The molecule has 1 heterocycles. The van der Waals surface area contributed by atoms with Crippen LogP contribution in [0.2, 0.25) is 0 Å². The third-order valence-electron chi connectivity index (χ3n) is 4.41. The summed E-state index contributed by atoms with van der Waals surface area (Å²) < 4.78 is 5.77. The van der Waals surface area contributed by atoms with E-state index < -0.39 is 0 Å². The van der Waals surface area contributed by atoms with Crippen LogP contribution in [0.3, 0.4) is 0 Å². The Hall–Kier alpha value is -0.810. The topological polar surface area (TPSA) is 62.9 Å². The average molecular weight is 266 g/mol. The zero-order chi connectivity index (χ0) is 13.1. The smallest absolute Gasteiger partial charge is 0.188 e. The second kappa shape index (κ2) is 6.09. The molecule has 1 unspecified atom stereocenters. The van der Waals surface area contributed by atoms with Gasteiger partial charge in [0.05, 0.1) is 19.3 Å². The molecule has 0 aromatic rings. The second-order valence-electron chi connectivity index (χ2n) is 6.07. The maximum Gasteiger partial charge on any atom is 0.188 e. The Bertz CT molecular complexity index is 323. The van der Waals surface area contributed by atoms with Gasteiger partial charge >= 0.3 is 0 Å². The number of nitrogens with one attached hydrogen (secondary N) is 1. The van der Waals surface area contributed by atoms with Crippen LogP contribution in [0.25, 0.3) is 0 Å². The molecule has 0 bridgehead atoms. The number of nitrogens with zero attached hydrogens (tertiary/aromatic N) is 2. The molecule has 0 amide bonds. The molecule has 3 aliphatic rings. The van der Waals surface area contributed by atoms with Gasteiger partial charge in [0.15, 0.2) is 5.96 Å². The summed E-state index contributed by atoms with van der Waals surface area (Å²) in [6.45, 7) is 3.63. The van der Waals surface area contributed by atoms with Crippen LogP contribution in [0.1, 0.15) is 38.5 Å². The molecule has 3 N–H and O–H groups in total. The van der Waals surface area contributed by atoms with E-state index in [4.69, 9.17) is 10.5 Å². The molecule has 108 valence electrons. The molecule has 0 aromatic heterocycles. The molecular formula is C14H26N4O. The molecule has 0 spiro atoms. The average Bonchev–Trinajstić information content (AvgIpc) is 3.16. The molecule has 5 heteroatoms. The minimum absolute atomic E-state index is 0.221. The van der Waals surface area contributed by atoms with Crippen molar-refractivity contribution in [3.63, 3.8) is 0 Å². The zero-order valence-corrected chi connectivity index (χ0v) is 11.7. The second-order valence-corrected chi connectivity index (χ2v) is 6.07. The first-order valence-corrected chi connectivity index (χ1v) is 7.73. The Morgan fingerprint density at radius 3 is 2.79 bits per heavy atom. The number of morpholine rings is 1. The molecule has 2 saturated carbocycles. The quantitative estimate of drug-likeness (QED) is 0.581. The summed E-state index contributed by atoms with van der Waals surface area (Å²) in [7, 11) is 0. The van der Waals surface area contributed by atoms with Crippen LogP contribution in [-0.2, 0) is 4.74 Å². The number of ether oxygens (including phenoxy) is 1. The highest BCUT2D eigenvalue weighted by atomic mass is 16.5. The molecule has 1 aliphatic heterocycles. The lowest BCUT2D eigenvalue weighted by Crippen LogP contribution is -2.45. The van der Waals surface area contributed by atoms with Gasteiger partial charge in [0.1, 0.15) is 0 Å². The van der Waals surface area contributed by atoms with Gasteiger partial charge in [-0.3, -0.25) is 9.89 Å². The van der Waals surface area contributed by atoms with E-state index in [2.05, 4.69) is 15.2 Å². The van der Waals surface area contributed by atoms with Gasteiger partial charge in [-0.25, -0.2) is 0 Å². The summed E-state index contributed by atoms with van der Waals surface area (Å²) in [6, 6.07) is 1.36. The fourth-order valence-corrected chi connectivity index (χ4v) is 3.15. The van der Waals surface area contributed by atoms with Crippen molar-refractivity contribution in [1.29, 1.82) is 0 Å². The minimum atomic E-state index is 0.221. The van der Waals surface area contributed by atoms with Crippen molar-refractivity contribution in [2.24, 2.45) is 10.7 Å². The summed E-state index contributed by atoms with van der Waals surface area (Å²) >= 11 is 0. The third kappa shape index (κ3) is 3.83. The highest BCUT2D eigenvalue weighted by molar-refractivity contribution is 5.78. The van der Waals surface area contributed by atoms with Crippen molar-refractivity contribution < 1.29 is 4.74 Å². The Morgan fingerprint density at radius 2 is 2.05 bits per heavy atom. The van der Waals surface area contributed by atoms with Gasteiger partial charge in [0.2, 0.25) is 0 Å². The normalized spacial score (nSPS) is 30.7. The predicted octanol–water partition coefficient (Wildman–Crippen LogP) is 0.696. The SMILES string of the molecule is NC(=NCC1CN(C2CC2)CCO1)NC1CCCC1. The van der Waals surface area contributed by atoms with Gasteiger partial charge < -0.3 is 15.8 Å². The standard InChI is InChI=1S/C14H26N4O/c15-14(17-11-3-1-2-4-11)16-9-13-10-18(7-8-19-13)12-5-6-12/h11-13H,1-10H2,(H3,15,16,17). The van der Waals surface area contributed by atoms with E-state index in [1.807, 2.05) is 0 Å². The summed E-state index contributed by atoms with van der Waals surface area (Å²) in [5.74, 6) is 0.596. The molecule has 3 rings (SSSR count). The van der Waals surface area contributed by atoms with Gasteiger partial charge in [0, 0.05) is 25.2 Å².